The number of nitrogens with one attached hydrogen (secondary N) is 2. The van der Waals surface area contributed by atoms with Crippen molar-refractivity contribution in [3.8, 4) is 0 Å². The number of hydrogen-bond donors (Lipinski definition) is 2. The summed E-state index contributed by atoms with van der Waals surface area (Å²) >= 11 is 9.50. The Kier molecular flexibility index (Phi) is 5.61. The van der Waals surface area contributed by atoms with Crippen LogP contribution in [0.1, 0.15) is 18.9 Å². The maximum absolute atomic E-state index is 6.06. The van der Waals surface area contributed by atoms with Gasteiger partial charge in [-0.1, -0.05) is 46.6 Å². The van der Waals surface area contributed by atoms with E-state index in [0.29, 0.717) is 16.8 Å². The van der Waals surface area contributed by atoms with Crippen molar-refractivity contribution in [3.63, 3.8) is 0 Å². The molecule has 0 spiro atoms. The molecule has 4 nitrogen and oxygen atoms in total. The minimum absolute atomic E-state index is 0.526. The molecule has 0 radical (unpaired) electrons. The van der Waals surface area contributed by atoms with Crippen LogP contribution in [-0.2, 0) is 5.33 Å². The lowest BCUT2D eigenvalue weighted by atomic mass is 10.2. The highest BCUT2D eigenvalue weighted by molar-refractivity contribution is 9.08. The van der Waals surface area contributed by atoms with Gasteiger partial charge >= 0.3 is 0 Å². The Labute approximate surface area is 132 Å². The van der Waals surface area contributed by atoms with Gasteiger partial charge < -0.3 is 10.6 Å². The summed E-state index contributed by atoms with van der Waals surface area (Å²) in [7, 11) is 0. The summed E-state index contributed by atoms with van der Waals surface area (Å²) in [6, 6.07) is 8.07. The van der Waals surface area contributed by atoms with Crippen LogP contribution in [0.25, 0.3) is 0 Å². The maximum atomic E-state index is 6.06. The third-order valence-electron chi connectivity index (χ3n) is 2.62. The van der Waals surface area contributed by atoms with E-state index < -0.39 is 0 Å². The van der Waals surface area contributed by atoms with Gasteiger partial charge in [0.15, 0.2) is 0 Å². The zero-order chi connectivity index (χ0) is 14.4. The first kappa shape index (κ1) is 15.1. The van der Waals surface area contributed by atoms with Crippen LogP contribution in [0.3, 0.4) is 0 Å². The van der Waals surface area contributed by atoms with E-state index >= 15 is 0 Å². The van der Waals surface area contributed by atoms with Crippen molar-refractivity contribution in [3.05, 3.63) is 41.0 Å². The van der Waals surface area contributed by atoms with Crippen LogP contribution in [-0.4, -0.2) is 16.5 Å². The van der Waals surface area contributed by atoms with E-state index in [-0.39, 0.29) is 0 Å². The molecule has 1 aromatic carbocycles. The smallest absolute Gasteiger partial charge is 0.229 e. The Balaban J connectivity index is 2.16. The van der Waals surface area contributed by atoms with Gasteiger partial charge in [-0.25, -0.2) is 4.98 Å². The van der Waals surface area contributed by atoms with Crippen LogP contribution < -0.4 is 10.6 Å². The Hall–Kier alpha value is -1.33. The second-order valence-electron chi connectivity index (χ2n) is 4.28. The fraction of sp³-hybridized carbons (Fsp3) is 0.286. The number of rotatable bonds is 6. The highest BCUT2D eigenvalue weighted by Crippen LogP contribution is 2.22. The molecular formula is C14H16BrClN4. The van der Waals surface area contributed by atoms with Gasteiger partial charge in [0.25, 0.3) is 0 Å². The van der Waals surface area contributed by atoms with Crippen LogP contribution >= 0.6 is 27.5 Å². The number of nitrogens with zero attached hydrogens (tertiary/aromatic N) is 2. The van der Waals surface area contributed by atoms with E-state index in [4.69, 9.17) is 11.6 Å². The van der Waals surface area contributed by atoms with Gasteiger partial charge in [0.2, 0.25) is 5.95 Å². The van der Waals surface area contributed by atoms with Crippen molar-refractivity contribution in [2.75, 3.05) is 17.2 Å². The Bertz CT molecular complexity index is 577. The summed E-state index contributed by atoms with van der Waals surface area (Å²) in [6.45, 7) is 2.92. The molecule has 0 aliphatic heterocycles. The third-order valence-corrected chi connectivity index (χ3v) is 3.55. The molecule has 2 N–H and O–H groups in total. The molecule has 6 heteroatoms. The average molecular weight is 356 g/mol. The van der Waals surface area contributed by atoms with E-state index in [1.807, 2.05) is 18.2 Å². The first-order valence-electron chi connectivity index (χ1n) is 6.41. The lowest BCUT2D eigenvalue weighted by Gasteiger charge is -2.09. The van der Waals surface area contributed by atoms with Gasteiger partial charge in [-0.3, -0.25) is 0 Å². The Morgan fingerprint density at radius 2 is 2.20 bits per heavy atom. The molecule has 106 valence electrons. The zero-order valence-corrected chi connectivity index (χ0v) is 13.5. The predicted octanol–water partition coefficient (Wildman–Crippen LogP) is 4.59. The van der Waals surface area contributed by atoms with Gasteiger partial charge in [0.05, 0.1) is 6.20 Å². The first-order chi connectivity index (χ1) is 9.72. The van der Waals surface area contributed by atoms with Crippen LogP contribution in [0.4, 0.5) is 17.5 Å². The summed E-state index contributed by atoms with van der Waals surface area (Å²) in [5.41, 5.74) is 2.14. The number of anilines is 3. The number of hydrogen-bond acceptors (Lipinski definition) is 4. The minimum Gasteiger partial charge on any atom is -0.369 e. The number of benzene rings is 1. The van der Waals surface area contributed by atoms with Gasteiger partial charge in [0, 0.05) is 17.6 Å². The number of aromatic nitrogens is 2. The minimum atomic E-state index is 0.526. The van der Waals surface area contributed by atoms with Crippen LogP contribution in [0, 0.1) is 0 Å². The summed E-state index contributed by atoms with van der Waals surface area (Å²) in [5.74, 6) is 1.18. The monoisotopic (exact) mass is 354 g/mol. The second kappa shape index (κ2) is 7.45. The van der Waals surface area contributed by atoms with Crippen molar-refractivity contribution in [1.82, 2.24) is 9.97 Å². The lowest BCUT2D eigenvalue weighted by molar-refractivity contribution is 0.966. The molecule has 20 heavy (non-hydrogen) atoms. The summed E-state index contributed by atoms with van der Waals surface area (Å²) < 4.78 is 0. The summed E-state index contributed by atoms with van der Waals surface area (Å²) in [6.07, 6.45) is 2.61. The normalized spacial score (nSPS) is 10.3. The molecule has 0 atom stereocenters. The van der Waals surface area contributed by atoms with E-state index in [0.717, 1.165) is 24.0 Å². The molecule has 0 unspecified atom stereocenters. The predicted molar refractivity (Wildman–Crippen MR) is 88.2 cm³/mol. The third kappa shape index (κ3) is 4.08. The Morgan fingerprint density at radius 1 is 1.35 bits per heavy atom. The van der Waals surface area contributed by atoms with Gasteiger partial charge in [0.1, 0.15) is 10.8 Å². The van der Waals surface area contributed by atoms with E-state index in [1.165, 1.54) is 5.56 Å². The zero-order valence-electron chi connectivity index (χ0n) is 11.2. The van der Waals surface area contributed by atoms with Crippen molar-refractivity contribution < 1.29 is 0 Å². The number of alkyl halides is 1. The summed E-state index contributed by atoms with van der Waals surface area (Å²) in [4.78, 5) is 8.58. The quantitative estimate of drug-likeness (QED) is 0.744. The molecule has 1 aromatic heterocycles. The lowest BCUT2D eigenvalue weighted by Crippen LogP contribution is -2.05. The van der Waals surface area contributed by atoms with Crippen molar-refractivity contribution >= 4 is 45.0 Å². The van der Waals surface area contributed by atoms with Gasteiger partial charge in [-0.05, 0) is 24.1 Å². The Morgan fingerprint density at radius 3 is 2.95 bits per heavy atom. The van der Waals surface area contributed by atoms with Crippen LogP contribution in [0.2, 0.25) is 5.02 Å². The SMILES string of the molecule is CCCNc1nc(Nc2cccc(CBr)c2)ncc1Cl. The van der Waals surface area contributed by atoms with Crippen LogP contribution in [0.5, 0.6) is 0 Å². The molecule has 1 heterocycles. The van der Waals surface area contributed by atoms with Crippen molar-refractivity contribution in [1.29, 1.82) is 0 Å². The van der Waals surface area contributed by atoms with E-state index in [2.05, 4.69) is 49.5 Å². The highest BCUT2D eigenvalue weighted by Gasteiger charge is 2.05. The fourth-order valence-corrected chi connectivity index (χ4v) is 2.16. The van der Waals surface area contributed by atoms with E-state index in [1.54, 1.807) is 6.20 Å². The first-order valence-corrected chi connectivity index (χ1v) is 7.91. The topological polar surface area (TPSA) is 49.8 Å². The summed E-state index contributed by atoms with van der Waals surface area (Å²) in [5, 5.41) is 7.70. The highest BCUT2D eigenvalue weighted by atomic mass is 79.9. The molecule has 2 rings (SSSR count). The molecule has 0 bridgehead atoms. The van der Waals surface area contributed by atoms with Gasteiger partial charge in [-0.15, -0.1) is 0 Å². The fourth-order valence-electron chi connectivity index (χ4n) is 1.66. The molecule has 0 amide bonds. The number of halogens is 2. The van der Waals surface area contributed by atoms with E-state index in [9.17, 15) is 0 Å². The van der Waals surface area contributed by atoms with Crippen molar-refractivity contribution in [2.24, 2.45) is 0 Å². The molecule has 0 saturated heterocycles. The molecular weight excluding hydrogens is 340 g/mol. The van der Waals surface area contributed by atoms with Crippen LogP contribution in [0.15, 0.2) is 30.5 Å². The second-order valence-corrected chi connectivity index (χ2v) is 5.24. The molecule has 0 saturated carbocycles. The average Bonchev–Trinajstić information content (AvgIpc) is 2.48. The molecule has 0 aliphatic carbocycles. The van der Waals surface area contributed by atoms with Gasteiger partial charge in [-0.2, -0.15) is 4.98 Å². The van der Waals surface area contributed by atoms with Crippen molar-refractivity contribution in [2.45, 2.75) is 18.7 Å². The molecule has 0 aliphatic rings. The standard InChI is InChI=1S/C14H16BrClN4/c1-2-6-17-13-12(16)9-18-14(20-13)19-11-5-3-4-10(7-11)8-15/h3-5,7,9H,2,6,8H2,1H3,(H2,17,18,19,20). The largest absolute Gasteiger partial charge is 0.369 e. The molecule has 2 aromatic rings. The maximum Gasteiger partial charge on any atom is 0.229 e. The molecule has 0 fully saturated rings.